The summed E-state index contributed by atoms with van der Waals surface area (Å²) in [5.41, 5.74) is 11.7. The van der Waals surface area contributed by atoms with Crippen molar-refractivity contribution >= 4 is 72.8 Å². The van der Waals surface area contributed by atoms with E-state index in [4.69, 9.17) is 14.5 Å². The lowest BCUT2D eigenvalue weighted by atomic mass is 9.35. The van der Waals surface area contributed by atoms with Crippen molar-refractivity contribution in [3.63, 3.8) is 0 Å². The van der Waals surface area contributed by atoms with E-state index in [-0.39, 0.29) is 6.71 Å². The highest BCUT2D eigenvalue weighted by molar-refractivity contribution is 6.98. The van der Waals surface area contributed by atoms with Crippen LogP contribution in [-0.4, -0.2) is 25.2 Å². The van der Waals surface area contributed by atoms with Gasteiger partial charge in [0.05, 0.1) is 33.3 Å². The highest BCUT2D eigenvalue weighted by atomic mass is 16.5. The van der Waals surface area contributed by atoms with Gasteiger partial charge < -0.3 is 14.0 Å². The summed E-state index contributed by atoms with van der Waals surface area (Å²) < 4.78 is 20.4. The average molecular weight is 641 g/mol. The molecule has 2 aliphatic heterocycles. The first-order valence-corrected chi connectivity index (χ1v) is 16.9. The molecule has 0 bridgehead atoms. The first-order valence-electron chi connectivity index (χ1n) is 16.9. The van der Waals surface area contributed by atoms with Crippen LogP contribution in [0.5, 0.6) is 23.0 Å². The summed E-state index contributed by atoms with van der Waals surface area (Å²) in [4.78, 5) is 5.52. The minimum Gasteiger partial charge on any atom is -0.458 e. The van der Waals surface area contributed by atoms with Gasteiger partial charge in [0.2, 0.25) is 5.78 Å². The molecule has 12 rings (SSSR count). The predicted molar refractivity (Wildman–Crippen MR) is 202 cm³/mol. The van der Waals surface area contributed by atoms with Crippen LogP contribution in [0.4, 0.5) is 0 Å². The molecule has 2 aliphatic rings. The molecule has 0 aliphatic carbocycles. The van der Waals surface area contributed by atoms with Gasteiger partial charge in [-0.25, -0.2) is 4.98 Å². The molecule has 0 radical (unpaired) electrons. The molecular formula is C43H25BN4O2. The average Bonchev–Trinajstić information content (AvgIpc) is 3.82. The Morgan fingerprint density at radius 1 is 0.480 bits per heavy atom. The van der Waals surface area contributed by atoms with Gasteiger partial charge in [0.1, 0.15) is 28.5 Å². The Labute approximate surface area is 286 Å². The van der Waals surface area contributed by atoms with Crippen molar-refractivity contribution in [1.29, 1.82) is 0 Å². The Morgan fingerprint density at radius 2 is 1.16 bits per heavy atom. The summed E-state index contributed by atoms with van der Waals surface area (Å²) in [5, 5.41) is 2.31. The van der Waals surface area contributed by atoms with Crippen molar-refractivity contribution in [2.24, 2.45) is 0 Å². The van der Waals surface area contributed by atoms with E-state index in [2.05, 4.69) is 153 Å². The quantitative estimate of drug-likeness (QED) is 0.179. The van der Waals surface area contributed by atoms with Crippen molar-refractivity contribution in [1.82, 2.24) is 18.5 Å². The third kappa shape index (κ3) is 3.26. The first-order chi connectivity index (χ1) is 24.8. The van der Waals surface area contributed by atoms with Gasteiger partial charge in [-0.3, -0.25) is 8.97 Å². The Morgan fingerprint density at radius 3 is 1.98 bits per heavy atom. The van der Waals surface area contributed by atoms with Gasteiger partial charge >= 0.3 is 0 Å². The van der Waals surface area contributed by atoms with Crippen molar-refractivity contribution in [2.45, 2.75) is 0 Å². The molecule has 232 valence electrons. The number of aromatic nitrogens is 4. The maximum absolute atomic E-state index is 6.95. The lowest BCUT2D eigenvalue weighted by molar-refractivity contribution is 0.463. The van der Waals surface area contributed by atoms with Crippen LogP contribution in [0.1, 0.15) is 0 Å². The van der Waals surface area contributed by atoms with Crippen LogP contribution in [0, 0.1) is 0 Å². The largest absolute Gasteiger partial charge is 0.458 e. The number of hydrogen-bond donors (Lipinski definition) is 0. The molecule has 10 aromatic rings. The van der Waals surface area contributed by atoms with Crippen LogP contribution in [0.2, 0.25) is 0 Å². The van der Waals surface area contributed by atoms with Crippen LogP contribution in [0.25, 0.3) is 61.0 Å². The number of ether oxygens (including phenoxy) is 2. The fourth-order valence-electron chi connectivity index (χ4n) is 8.54. The fourth-order valence-corrected chi connectivity index (χ4v) is 8.54. The van der Waals surface area contributed by atoms with Crippen molar-refractivity contribution in [3.05, 3.63) is 152 Å². The van der Waals surface area contributed by atoms with Gasteiger partial charge in [-0.15, -0.1) is 0 Å². The minimum absolute atomic E-state index is 0.0182. The monoisotopic (exact) mass is 640 g/mol. The molecule has 0 saturated carbocycles. The first kappa shape index (κ1) is 26.3. The van der Waals surface area contributed by atoms with E-state index in [0.29, 0.717) is 0 Å². The van der Waals surface area contributed by atoms with Gasteiger partial charge in [0.25, 0.3) is 6.71 Å². The molecule has 0 amide bonds. The standard InChI is InChI=1S/C43H25BN4O2/c1-2-12-26(13-3-1)46-32-18-8-9-19-33(32)48-34-23-22-28-27-14-4-7-17-31(27)47(41(28)40(34)45-43(46)48)35-24-25-38-39-42(35)50-37-21-11-6-16-30(37)44(39)29-15-5-10-20-36(29)49-38/h1-25H. The SMILES string of the molecule is c1ccc(-n2c3ccccc3n3c4ccc5c6ccccc6n(-c6ccc7c8c6Oc6ccccc6B8c6ccccc6O7)c5c4nc23)cc1. The van der Waals surface area contributed by atoms with E-state index in [0.717, 1.165) is 100 Å². The van der Waals surface area contributed by atoms with Gasteiger partial charge in [-0.05, 0) is 77.7 Å². The number of para-hydroxylation sites is 6. The molecule has 7 aromatic carbocycles. The maximum Gasteiger partial charge on any atom is 0.260 e. The van der Waals surface area contributed by atoms with Gasteiger partial charge in [0.15, 0.2) is 0 Å². The topological polar surface area (TPSA) is 45.6 Å². The Hall–Kier alpha value is -6.73. The summed E-state index contributed by atoms with van der Waals surface area (Å²) in [5.74, 6) is 4.25. The molecule has 0 fully saturated rings. The van der Waals surface area contributed by atoms with E-state index in [9.17, 15) is 0 Å². The van der Waals surface area contributed by atoms with Gasteiger partial charge in [-0.2, -0.15) is 0 Å². The zero-order valence-electron chi connectivity index (χ0n) is 26.6. The highest BCUT2D eigenvalue weighted by Crippen LogP contribution is 2.43. The lowest BCUT2D eigenvalue weighted by Gasteiger charge is -2.34. The molecule has 0 saturated heterocycles. The van der Waals surface area contributed by atoms with Crippen molar-refractivity contribution < 1.29 is 9.47 Å². The molecular weight excluding hydrogens is 615 g/mol. The summed E-state index contributed by atoms with van der Waals surface area (Å²) in [6, 6.07) is 53.1. The summed E-state index contributed by atoms with van der Waals surface area (Å²) >= 11 is 0. The molecule has 0 N–H and O–H groups in total. The summed E-state index contributed by atoms with van der Waals surface area (Å²) in [6.07, 6.45) is 0. The smallest absolute Gasteiger partial charge is 0.260 e. The molecule has 3 aromatic heterocycles. The van der Waals surface area contributed by atoms with Crippen LogP contribution in [-0.2, 0) is 0 Å². The second kappa shape index (κ2) is 9.46. The van der Waals surface area contributed by atoms with Crippen LogP contribution in [0.15, 0.2) is 152 Å². The third-order valence-electron chi connectivity index (χ3n) is 10.6. The number of hydrogen-bond acceptors (Lipinski definition) is 3. The zero-order valence-corrected chi connectivity index (χ0v) is 26.6. The molecule has 0 spiro atoms. The molecule has 7 heteroatoms. The van der Waals surface area contributed by atoms with Crippen molar-refractivity contribution in [3.8, 4) is 34.4 Å². The normalized spacial score (nSPS) is 13.1. The van der Waals surface area contributed by atoms with Crippen LogP contribution >= 0.6 is 0 Å². The van der Waals surface area contributed by atoms with Gasteiger partial charge in [0, 0.05) is 21.9 Å². The number of benzene rings is 7. The van der Waals surface area contributed by atoms with E-state index >= 15 is 0 Å². The fraction of sp³-hybridized carbons (Fsp3) is 0. The second-order valence-electron chi connectivity index (χ2n) is 13.1. The van der Waals surface area contributed by atoms with Crippen molar-refractivity contribution in [2.75, 3.05) is 0 Å². The third-order valence-corrected chi connectivity index (χ3v) is 10.6. The summed E-state index contributed by atoms with van der Waals surface area (Å²) in [7, 11) is 0. The molecule has 6 nitrogen and oxygen atoms in total. The van der Waals surface area contributed by atoms with E-state index in [1.165, 1.54) is 0 Å². The predicted octanol–water partition coefficient (Wildman–Crippen LogP) is 8.26. The summed E-state index contributed by atoms with van der Waals surface area (Å²) in [6.45, 7) is -0.0182. The second-order valence-corrected chi connectivity index (χ2v) is 13.1. The molecule has 50 heavy (non-hydrogen) atoms. The maximum atomic E-state index is 6.95. The van der Waals surface area contributed by atoms with Crippen LogP contribution < -0.4 is 25.9 Å². The lowest BCUT2D eigenvalue weighted by Crippen LogP contribution is -2.57. The molecule has 0 unspecified atom stereocenters. The Kier molecular flexibility index (Phi) is 4.96. The molecule has 0 atom stereocenters. The number of rotatable bonds is 2. The Bertz CT molecular complexity index is 3050. The number of nitrogens with zero attached hydrogens (tertiary/aromatic N) is 4. The van der Waals surface area contributed by atoms with Gasteiger partial charge in [-0.1, -0.05) is 84.9 Å². The highest BCUT2D eigenvalue weighted by Gasteiger charge is 2.41. The van der Waals surface area contributed by atoms with E-state index in [1.54, 1.807) is 0 Å². The molecule has 5 heterocycles. The van der Waals surface area contributed by atoms with E-state index < -0.39 is 0 Å². The number of imidazole rings is 2. The van der Waals surface area contributed by atoms with Crippen LogP contribution in [0.3, 0.4) is 0 Å². The number of fused-ring (bicyclic) bond motifs is 13. The van der Waals surface area contributed by atoms with E-state index in [1.807, 2.05) is 12.1 Å². The zero-order chi connectivity index (χ0) is 32.5. The Balaban J connectivity index is 1.22. The minimum atomic E-state index is -0.0182.